The molecule has 0 spiro atoms. The lowest BCUT2D eigenvalue weighted by Crippen LogP contribution is -1.89. The molecule has 2 heterocycles. The predicted octanol–water partition coefficient (Wildman–Crippen LogP) is 1.89. The van der Waals surface area contributed by atoms with E-state index in [-0.39, 0.29) is 17.6 Å². The molecule has 2 aromatic heterocycles. The quantitative estimate of drug-likeness (QED) is 0.831. The number of aromatic nitrogens is 3. The summed E-state index contributed by atoms with van der Waals surface area (Å²) in [7, 11) is 0. The number of hydrogen-bond acceptors (Lipinski definition) is 6. The van der Waals surface area contributed by atoms with E-state index in [1.54, 1.807) is 0 Å². The summed E-state index contributed by atoms with van der Waals surface area (Å²) in [6.07, 6.45) is 2.38. The van der Waals surface area contributed by atoms with Gasteiger partial charge in [0.05, 0.1) is 11.8 Å². The molecule has 2 N–H and O–H groups in total. The van der Waals surface area contributed by atoms with E-state index in [1.165, 1.54) is 24.2 Å². The maximum Gasteiger partial charge on any atom is 0.218 e. The summed E-state index contributed by atoms with van der Waals surface area (Å²) in [5.41, 5.74) is 1.06. The Morgan fingerprint density at radius 3 is 2.44 bits per heavy atom. The fourth-order valence-electron chi connectivity index (χ4n) is 1.47. The molecule has 1 aliphatic carbocycles. The van der Waals surface area contributed by atoms with Crippen LogP contribution in [-0.2, 0) is 0 Å². The van der Waals surface area contributed by atoms with Crippen LogP contribution in [0.3, 0.4) is 0 Å². The molecule has 3 rings (SSSR count). The van der Waals surface area contributed by atoms with Crippen molar-refractivity contribution >= 4 is 11.3 Å². The van der Waals surface area contributed by atoms with Gasteiger partial charge in [-0.2, -0.15) is 9.97 Å². The first kappa shape index (κ1) is 9.53. The Bertz CT molecular complexity index is 516. The molecule has 82 valence electrons. The third-order valence-corrected chi connectivity index (χ3v) is 3.26. The smallest absolute Gasteiger partial charge is 0.218 e. The van der Waals surface area contributed by atoms with Crippen molar-refractivity contribution in [1.82, 2.24) is 15.0 Å². The first-order chi connectivity index (χ1) is 7.72. The van der Waals surface area contributed by atoms with E-state index < -0.39 is 0 Å². The summed E-state index contributed by atoms with van der Waals surface area (Å²) in [4.78, 5) is 12.1. The van der Waals surface area contributed by atoms with Gasteiger partial charge in [-0.3, -0.25) is 0 Å². The molecule has 0 aromatic carbocycles. The third-order valence-electron chi connectivity index (χ3n) is 2.41. The van der Waals surface area contributed by atoms with Crippen molar-refractivity contribution in [2.45, 2.75) is 18.8 Å². The fourth-order valence-corrected chi connectivity index (χ4v) is 2.31. The van der Waals surface area contributed by atoms with Crippen LogP contribution in [0.2, 0.25) is 0 Å². The van der Waals surface area contributed by atoms with Crippen molar-refractivity contribution < 1.29 is 10.2 Å². The van der Waals surface area contributed by atoms with E-state index >= 15 is 0 Å². The summed E-state index contributed by atoms with van der Waals surface area (Å²) in [6.45, 7) is 0. The zero-order valence-corrected chi connectivity index (χ0v) is 9.11. The van der Waals surface area contributed by atoms with Crippen molar-refractivity contribution in [1.29, 1.82) is 0 Å². The Morgan fingerprint density at radius 2 is 1.81 bits per heavy atom. The molecule has 0 unspecified atom stereocenters. The molecule has 5 nitrogen and oxygen atoms in total. The van der Waals surface area contributed by atoms with Gasteiger partial charge >= 0.3 is 0 Å². The second-order valence-electron chi connectivity index (χ2n) is 3.76. The van der Waals surface area contributed by atoms with Crippen molar-refractivity contribution in [2.75, 3.05) is 0 Å². The number of nitrogens with zero attached hydrogens (tertiary/aromatic N) is 3. The van der Waals surface area contributed by atoms with Gasteiger partial charge in [0.1, 0.15) is 0 Å². The second-order valence-corrected chi connectivity index (χ2v) is 4.62. The standard InChI is InChI=1S/C10H9N3O2S/c14-7-3-8(15)13-9(12-7)10-11-6(4-16-10)5-1-2-5/h3-5H,1-2H2,(H2,12,13,14,15). The third kappa shape index (κ3) is 1.71. The minimum atomic E-state index is -0.245. The van der Waals surface area contributed by atoms with Crippen LogP contribution in [0, 0.1) is 0 Å². The first-order valence-electron chi connectivity index (χ1n) is 4.95. The SMILES string of the molecule is Oc1cc(O)nc(-c2nc(C3CC3)cs2)n1. The summed E-state index contributed by atoms with van der Waals surface area (Å²) < 4.78 is 0. The highest BCUT2D eigenvalue weighted by Crippen LogP contribution is 2.41. The summed E-state index contributed by atoms with van der Waals surface area (Å²) >= 11 is 1.43. The summed E-state index contributed by atoms with van der Waals surface area (Å²) in [6, 6.07) is 1.10. The van der Waals surface area contributed by atoms with Gasteiger partial charge < -0.3 is 10.2 Å². The Kier molecular flexibility index (Phi) is 2.03. The van der Waals surface area contributed by atoms with Crippen LogP contribution in [0.25, 0.3) is 10.8 Å². The molecular weight excluding hydrogens is 226 g/mol. The lowest BCUT2D eigenvalue weighted by molar-refractivity contribution is 0.423. The average molecular weight is 235 g/mol. The first-order valence-corrected chi connectivity index (χ1v) is 5.83. The maximum absolute atomic E-state index is 9.25. The van der Waals surface area contributed by atoms with Gasteiger partial charge in [0, 0.05) is 11.3 Å². The molecule has 0 bridgehead atoms. The molecule has 0 saturated heterocycles. The normalized spacial score (nSPS) is 15.2. The van der Waals surface area contributed by atoms with Gasteiger partial charge in [-0.1, -0.05) is 0 Å². The molecule has 0 radical (unpaired) electrons. The molecular formula is C10H9N3O2S. The van der Waals surface area contributed by atoms with Gasteiger partial charge in [-0.25, -0.2) is 4.98 Å². The minimum Gasteiger partial charge on any atom is -0.493 e. The Hall–Kier alpha value is -1.69. The molecule has 2 aromatic rings. The van der Waals surface area contributed by atoms with Crippen molar-refractivity contribution in [3.63, 3.8) is 0 Å². The van der Waals surface area contributed by atoms with Gasteiger partial charge in [0.15, 0.2) is 10.8 Å². The van der Waals surface area contributed by atoms with Crippen LogP contribution in [0.15, 0.2) is 11.4 Å². The van der Waals surface area contributed by atoms with Gasteiger partial charge in [-0.15, -0.1) is 11.3 Å². The Morgan fingerprint density at radius 1 is 1.12 bits per heavy atom. The Labute approximate surface area is 95.5 Å². The van der Waals surface area contributed by atoms with Crippen LogP contribution in [-0.4, -0.2) is 25.2 Å². The van der Waals surface area contributed by atoms with Gasteiger partial charge in [0.2, 0.25) is 11.8 Å². The monoisotopic (exact) mass is 235 g/mol. The molecule has 1 aliphatic rings. The van der Waals surface area contributed by atoms with Crippen LogP contribution in [0.1, 0.15) is 24.5 Å². The van der Waals surface area contributed by atoms with E-state index in [1.807, 2.05) is 5.38 Å². The van der Waals surface area contributed by atoms with Crippen LogP contribution < -0.4 is 0 Å². The molecule has 1 fully saturated rings. The van der Waals surface area contributed by atoms with Crippen LogP contribution in [0.5, 0.6) is 11.8 Å². The molecule has 0 amide bonds. The molecule has 6 heteroatoms. The molecule has 1 saturated carbocycles. The van der Waals surface area contributed by atoms with Crippen molar-refractivity contribution in [3.05, 3.63) is 17.1 Å². The van der Waals surface area contributed by atoms with E-state index in [2.05, 4.69) is 15.0 Å². The Balaban J connectivity index is 2.00. The number of thiazole rings is 1. The predicted molar refractivity (Wildman–Crippen MR) is 58.4 cm³/mol. The van der Waals surface area contributed by atoms with E-state index in [0.29, 0.717) is 10.9 Å². The highest BCUT2D eigenvalue weighted by molar-refractivity contribution is 7.13. The summed E-state index contributed by atoms with van der Waals surface area (Å²) in [5.74, 6) is 0.363. The second kappa shape index (κ2) is 3.41. The number of hydrogen-bond donors (Lipinski definition) is 2. The average Bonchev–Trinajstić information content (AvgIpc) is 2.95. The highest BCUT2D eigenvalue weighted by Gasteiger charge is 2.26. The zero-order valence-electron chi connectivity index (χ0n) is 8.29. The highest BCUT2D eigenvalue weighted by atomic mass is 32.1. The largest absolute Gasteiger partial charge is 0.493 e. The number of aromatic hydroxyl groups is 2. The molecule has 0 atom stereocenters. The maximum atomic E-state index is 9.25. The lowest BCUT2D eigenvalue weighted by atomic mass is 10.3. The van der Waals surface area contributed by atoms with E-state index in [4.69, 9.17) is 0 Å². The topological polar surface area (TPSA) is 79.1 Å². The van der Waals surface area contributed by atoms with Crippen molar-refractivity contribution in [2.24, 2.45) is 0 Å². The van der Waals surface area contributed by atoms with Crippen molar-refractivity contribution in [3.8, 4) is 22.6 Å². The van der Waals surface area contributed by atoms with Crippen LogP contribution in [0.4, 0.5) is 0 Å². The van der Waals surface area contributed by atoms with E-state index in [0.717, 1.165) is 11.8 Å². The van der Waals surface area contributed by atoms with E-state index in [9.17, 15) is 10.2 Å². The zero-order chi connectivity index (χ0) is 11.1. The number of rotatable bonds is 2. The van der Waals surface area contributed by atoms with Crippen LogP contribution >= 0.6 is 11.3 Å². The molecule has 16 heavy (non-hydrogen) atoms. The minimum absolute atomic E-state index is 0.245. The fraction of sp³-hybridized carbons (Fsp3) is 0.300. The molecule has 0 aliphatic heterocycles. The lowest BCUT2D eigenvalue weighted by Gasteiger charge is -1.97. The van der Waals surface area contributed by atoms with Gasteiger partial charge in [0.25, 0.3) is 0 Å². The summed E-state index contributed by atoms with van der Waals surface area (Å²) in [5, 5.41) is 21.1. The van der Waals surface area contributed by atoms with Gasteiger partial charge in [-0.05, 0) is 12.8 Å².